The number of rotatable bonds is 3. The molecule has 0 aromatic heterocycles. The van der Waals surface area contributed by atoms with E-state index in [0.717, 1.165) is 24.3 Å². The van der Waals surface area contributed by atoms with Gasteiger partial charge in [-0.15, -0.1) is 11.6 Å². The number of likely N-dealkylation sites (tertiary alicyclic amines) is 1. The molecule has 0 N–H and O–H groups in total. The number of benzene rings is 1. The second kappa shape index (κ2) is 6.31. The Hall–Kier alpha value is -0.800. The summed E-state index contributed by atoms with van der Waals surface area (Å²) >= 11 is 5.83. The molecule has 0 radical (unpaired) electrons. The van der Waals surface area contributed by atoms with E-state index in [4.69, 9.17) is 11.6 Å². The normalized spacial score (nSPS) is 24.3. The highest BCUT2D eigenvalue weighted by Crippen LogP contribution is 2.27. The maximum absolute atomic E-state index is 13.6. The number of hydrogen-bond donors (Lipinski definition) is 0. The van der Waals surface area contributed by atoms with Gasteiger partial charge in [-0.25, -0.2) is 4.39 Å². The molecule has 2 aliphatic rings. The minimum absolute atomic E-state index is 0.181. The van der Waals surface area contributed by atoms with Crippen LogP contribution in [0.4, 0.5) is 10.1 Å². The van der Waals surface area contributed by atoms with Gasteiger partial charge in [-0.3, -0.25) is 4.90 Å². The first kappa shape index (κ1) is 14.2. The standard InChI is InChI=1S/C16H22ClFN2/c17-11-13-8-14(18)10-16(9-13)20-7-4-15(12-20)19-5-2-1-3-6-19/h8-10,15H,1-7,11-12H2. The Labute approximate surface area is 125 Å². The second-order valence-corrected chi connectivity index (χ2v) is 6.20. The second-order valence-electron chi connectivity index (χ2n) is 5.94. The van der Waals surface area contributed by atoms with Crippen molar-refractivity contribution in [1.82, 2.24) is 4.90 Å². The Morgan fingerprint density at radius 2 is 1.90 bits per heavy atom. The van der Waals surface area contributed by atoms with Gasteiger partial charge in [0.25, 0.3) is 0 Å². The first-order valence-electron chi connectivity index (χ1n) is 7.61. The average molecular weight is 297 g/mol. The van der Waals surface area contributed by atoms with Crippen LogP contribution in [0.1, 0.15) is 31.2 Å². The Bertz CT molecular complexity index is 460. The molecule has 3 rings (SSSR count). The summed E-state index contributed by atoms with van der Waals surface area (Å²) in [7, 11) is 0. The van der Waals surface area contributed by atoms with Crippen molar-refractivity contribution in [3.8, 4) is 0 Å². The first-order chi connectivity index (χ1) is 9.76. The zero-order valence-electron chi connectivity index (χ0n) is 11.8. The summed E-state index contributed by atoms with van der Waals surface area (Å²) in [6.45, 7) is 4.50. The van der Waals surface area contributed by atoms with Crippen LogP contribution in [-0.2, 0) is 5.88 Å². The summed E-state index contributed by atoms with van der Waals surface area (Å²) in [5.74, 6) is 0.188. The average Bonchev–Trinajstić information content (AvgIpc) is 2.97. The van der Waals surface area contributed by atoms with Crippen molar-refractivity contribution in [2.75, 3.05) is 31.1 Å². The van der Waals surface area contributed by atoms with Crippen molar-refractivity contribution in [3.05, 3.63) is 29.6 Å². The lowest BCUT2D eigenvalue weighted by atomic mass is 10.1. The van der Waals surface area contributed by atoms with Gasteiger partial charge < -0.3 is 4.90 Å². The van der Waals surface area contributed by atoms with Crippen LogP contribution >= 0.6 is 11.6 Å². The van der Waals surface area contributed by atoms with Gasteiger partial charge in [0.05, 0.1) is 0 Å². The molecule has 0 amide bonds. The summed E-state index contributed by atoms with van der Waals surface area (Å²) in [5, 5.41) is 0. The van der Waals surface area contributed by atoms with Crippen molar-refractivity contribution in [2.45, 2.75) is 37.6 Å². The zero-order valence-corrected chi connectivity index (χ0v) is 12.6. The lowest BCUT2D eigenvalue weighted by molar-refractivity contribution is 0.175. The van der Waals surface area contributed by atoms with Crippen molar-refractivity contribution >= 4 is 17.3 Å². The van der Waals surface area contributed by atoms with Crippen LogP contribution in [0.3, 0.4) is 0 Å². The molecule has 4 heteroatoms. The van der Waals surface area contributed by atoms with Crippen molar-refractivity contribution in [3.63, 3.8) is 0 Å². The lowest BCUT2D eigenvalue weighted by Gasteiger charge is -2.32. The van der Waals surface area contributed by atoms with Crippen LogP contribution in [0.25, 0.3) is 0 Å². The molecule has 0 aliphatic carbocycles. The summed E-state index contributed by atoms with van der Waals surface area (Å²) < 4.78 is 13.6. The third-order valence-corrected chi connectivity index (χ3v) is 4.84. The molecule has 2 heterocycles. The Morgan fingerprint density at radius 1 is 1.10 bits per heavy atom. The van der Waals surface area contributed by atoms with E-state index in [-0.39, 0.29) is 5.82 Å². The number of hydrogen-bond acceptors (Lipinski definition) is 2. The van der Waals surface area contributed by atoms with Gasteiger partial charge in [0.1, 0.15) is 5.82 Å². The van der Waals surface area contributed by atoms with Crippen LogP contribution < -0.4 is 4.90 Å². The number of alkyl halides is 1. The fourth-order valence-electron chi connectivity index (χ4n) is 3.45. The fraction of sp³-hybridized carbons (Fsp3) is 0.625. The third-order valence-electron chi connectivity index (χ3n) is 4.53. The minimum atomic E-state index is -0.181. The van der Waals surface area contributed by atoms with E-state index >= 15 is 0 Å². The predicted molar refractivity (Wildman–Crippen MR) is 82.0 cm³/mol. The van der Waals surface area contributed by atoms with Crippen LogP contribution in [0.2, 0.25) is 0 Å². The van der Waals surface area contributed by atoms with E-state index in [2.05, 4.69) is 9.80 Å². The molecule has 1 aromatic rings. The fourth-order valence-corrected chi connectivity index (χ4v) is 3.61. The number of piperidine rings is 1. The first-order valence-corrected chi connectivity index (χ1v) is 8.14. The van der Waals surface area contributed by atoms with Gasteiger partial charge in [0, 0.05) is 30.7 Å². The maximum atomic E-state index is 13.6. The van der Waals surface area contributed by atoms with Gasteiger partial charge in [0.15, 0.2) is 0 Å². The maximum Gasteiger partial charge on any atom is 0.125 e. The molecule has 2 aliphatic heterocycles. The number of nitrogens with zero attached hydrogens (tertiary/aromatic N) is 2. The van der Waals surface area contributed by atoms with Crippen LogP contribution in [-0.4, -0.2) is 37.1 Å². The lowest BCUT2D eigenvalue weighted by Crippen LogP contribution is -2.40. The van der Waals surface area contributed by atoms with E-state index in [1.807, 2.05) is 6.07 Å². The predicted octanol–water partition coefficient (Wildman–Crippen LogP) is 3.63. The van der Waals surface area contributed by atoms with E-state index in [1.54, 1.807) is 6.07 Å². The van der Waals surface area contributed by atoms with Crippen molar-refractivity contribution in [2.24, 2.45) is 0 Å². The molecule has 0 saturated carbocycles. The van der Waals surface area contributed by atoms with Crippen LogP contribution in [0, 0.1) is 5.82 Å². The molecule has 2 nitrogen and oxygen atoms in total. The Morgan fingerprint density at radius 3 is 2.65 bits per heavy atom. The monoisotopic (exact) mass is 296 g/mol. The van der Waals surface area contributed by atoms with E-state index < -0.39 is 0 Å². The highest BCUT2D eigenvalue weighted by molar-refractivity contribution is 6.17. The summed E-state index contributed by atoms with van der Waals surface area (Å²) in [6, 6.07) is 5.82. The molecular weight excluding hydrogens is 275 g/mol. The molecule has 0 spiro atoms. The molecule has 0 bridgehead atoms. The smallest absolute Gasteiger partial charge is 0.125 e. The van der Waals surface area contributed by atoms with Gasteiger partial charge in [-0.1, -0.05) is 6.42 Å². The van der Waals surface area contributed by atoms with E-state index in [0.29, 0.717) is 11.9 Å². The number of anilines is 1. The molecule has 1 unspecified atom stereocenters. The summed E-state index contributed by atoms with van der Waals surface area (Å²) in [5.41, 5.74) is 1.85. The van der Waals surface area contributed by atoms with Gasteiger partial charge >= 0.3 is 0 Å². The number of halogens is 2. The van der Waals surface area contributed by atoms with Crippen LogP contribution in [0.5, 0.6) is 0 Å². The molecule has 1 atom stereocenters. The van der Waals surface area contributed by atoms with Crippen molar-refractivity contribution < 1.29 is 4.39 Å². The molecule has 2 saturated heterocycles. The quantitative estimate of drug-likeness (QED) is 0.786. The molecule has 110 valence electrons. The SMILES string of the molecule is Fc1cc(CCl)cc(N2CCC(N3CCCCC3)C2)c1. The highest BCUT2D eigenvalue weighted by Gasteiger charge is 2.28. The third kappa shape index (κ3) is 3.09. The Balaban J connectivity index is 1.68. The van der Waals surface area contributed by atoms with Crippen LogP contribution in [0.15, 0.2) is 18.2 Å². The minimum Gasteiger partial charge on any atom is -0.370 e. The topological polar surface area (TPSA) is 6.48 Å². The largest absolute Gasteiger partial charge is 0.370 e. The summed E-state index contributed by atoms with van der Waals surface area (Å²) in [4.78, 5) is 4.92. The zero-order chi connectivity index (χ0) is 13.9. The van der Waals surface area contributed by atoms with E-state index in [1.165, 1.54) is 44.8 Å². The van der Waals surface area contributed by atoms with Gasteiger partial charge in [0.2, 0.25) is 0 Å². The molecular formula is C16H22ClFN2. The highest BCUT2D eigenvalue weighted by atomic mass is 35.5. The summed E-state index contributed by atoms with van der Waals surface area (Å²) in [6.07, 6.45) is 5.21. The molecule has 20 heavy (non-hydrogen) atoms. The van der Waals surface area contributed by atoms with Crippen molar-refractivity contribution in [1.29, 1.82) is 0 Å². The van der Waals surface area contributed by atoms with Gasteiger partial charge in [-0.2, -0.15) is 0 Å². The Kier molecular flexibility index (Phi) is 4.47. The molecule has 2 fully saturated rings. The molecule has 1 aromatic carbocycles. The van der Waals surface area contributed by atoms with Gasteiger partial charge in [-0.05, 0) is 56.1 Å². The van der Waals surface area contributed by atoms with E-state index in [9.17, 15) is 4.39 Å².